The Morgan fingerprint density at radius 1 is 1.26 bits per heavy atom. The van der Waals surface area contributed by atoms with Gasteiger partial charge in [0.05, 0.1) is 23.5 Å². The minimum absolute atomic E-state index is 0.250. The van der Waals surface area contributed by atoms with Crippen LogP contribution in [0.25, 0.3) is 16.9 Å². The normalized spacial score (nSPS) is 16.3. The van der Waals surface area contributed by atoms with E-state index >= 15 is 0 Å². The molecule has 2 aromatic heterocycles. The summed E-state index contributed by atoms with van der Waals surface area (Å²) in [5.41, 5.74) is 3.67. The molecule has 210 valence electrons. The van der Waals surface area contributed by atoms with Crippen molar-refractivity contribution in [2.45, 2.75) is 78.9 Å². The Morgan fingerprint density at radius 2 is 1.97 bits per heavy atom. The van der Waals surface area contributed by atoms with Crippen LogP contribution in [0.15, 0.2) is 47.5 Å². The molecule has 0 aliphatic carbocycles. The Labute approximate surface area is 240 Å². The van der Waals surface area contributed by atoms with Crippen molar-refractivity contribution in [1.29, 1.82) is 0 Å². The molecule has 1 atom stereocenters. The average molecular weight is 598 g/mol. The van der Waals surface area contributed by atoms with Gasteiger partial charge in [0.15, 0.2) is 11.8 Å². The van der Waals surface area contributed by atoms with Crippen molar-refractivity contribution in [1.82, 2.24) is 14.6 Å². The second-order valence-electron chi connectivity index (χ2n) is 11.7. The van der Waals surface area contributed by atoms with E-state index in [0.29, 0.717) is 0 Å². The summed E-state index contributed by atoms with van der Waals surface area (Å²) < 4.78 is 14.8. The number of carbonyl (C=O) groups excluding carboxylic acids is 1. The lowest BCUT2D eigenvalue weighted by Crippen LogP contribution is -2.41. The van der Waals surface area contributed by atoms with Crippen molar-refractivity contribution in [2.24, 2.45) is 5.41 Å². The van der Waals surface area contributed by atoms with Crippen LogP contribution in [0, 0.1) is 12.3 Å². The van der Waals surface area contributed by atoms with E-state index in [0.717, 1.165) is 77.2 Å². The molecule has 0 saturated carbocycles. The molecule has 1 aliphatic rings. The molecular weight excluding hydrogens is 556 g/mol. The molecule has 3 aromatic rings. The first-order valence-electron chi connectivity index (χ1n) is 13.8. The predicted molar refractivity (Wildman–Crippen MR) is 160 cm³/mol. The third-order valence-corrected chi connectivity index (χ3v) is 7.87. The van der Waals surface area contributed by atoms with Crippen LogP contribution < -0.4 is 4.90 Å². The van der Waals surface area contributed by atoms with Gasteiger partial charge in [0, 0.05) is 34.9 Å². The molecule has 7 nitrogen and oxygen atoms in total. The Kier molecular flexibility index (Phi) is 8.86. The Morgan fingerprint density at radius 3 is 2.59 bits per heavy atom. The van der Waals surface area contributed by atoms with E-state index in [1.165, 1.54) is 0 Å². The number of esters is 1. The number of ether oxygens (including phenoxy) is 2. The monoisotopic (exact) mass is 596 g/mol. The van der Waals surface area contributed by atoms with E-state index in [1.54, 1.807) is 0 Å². The van der Waals surface area contributed by atoms with E-state index in [1.807, 2.05) is 75.5 Å². The van der Waals surface area contributed by atoms with Crippen LogP contribution in [0.5, 0.6) is 0 Å². The van der Waals surface area contributed by atoms with Gasteiger partial charge in [-0.3, -0.25) is 0 Å². The van der Waals surface area contributed by atoms with Crippen LogP contribution in [0.2, 0.25) is 0 Å². The van der Waals surface area contributed by atoms with E-state index in [-0.39, 0.29) is 12.0 Å². The van der Waals surface area contributed by atoms with Gasteiger partial charge >= 0.3 is 5.97 Å². The van der Waals surface area contributed by atoms with E-state index in [9.17, 15) is 4.79 Å². The van der Waals surface area contributed by atoms with E-state index in [4.69, 9.17) is 19.6 Å². The van der Waals surface area contributed by atoms with Gasteiger partial charge < -0.3 is 14.4 Å². The van der Waals surface area contributed by atoms with Gasteiger partial charge in [-0.1, -0.05) is 41.1 Å². The summed E-state index contributed by atoms with van der Waals surface area (Å²) in [6.07, 6.45) is 5.28. The highest BCUT2D eigenvalue weighted by atomic mass is 79.9. The SMILES string of the molecule is C=CCCC1(C)CCN(c2c([C@H](OC(C)(C)C)C(=O)OCC)c(C)nc3cc(-c4cccc(Br)c4)nn23)CC1. The minimum atomic E-state index is -0.926. The number of benzene rings is 1. The van der Waals surface area contributed by atoms with Crippen molar-refractivity contribution in [2.75, 3.05) is 24.6 Å². The maximum atomic E-state index is 13.4. The molecule has 1 aliphatic heterocycles. The van der Waals surface area contributed by atoms with Gasteiger partial charge in [0.1, 0.15) is 5.82 Å². The average Bonchev–Trinajstić information content (AvgIpc) is 3.29. The predicted octanol–water partition coefficient (Wildman–Crippen LogP) is 7.46. The smallest absolute Gasteiger partial charge is 0.340 e. The van der Waals surface area contributed by atoms with Gasteiger partial charge in [-0.05, 0) is 77.8 Å². The highest BCUT2D eigenvalue weighted by Gasteiger charge is 2.38. The fourth-order valence-corrected chi connectivity index (χ4v) is 5.67. The van der Waals surface area contributed by atoms with E-state index in [2.05, 4.69) is 34.3 Å². The zero-order chi connectivity index (χ0) is 28.4. The quantitative estimate of drug-likeness (QED) is 0.188. The summed E-state index contributed by atoms with van der Waals surface area (Å²) in [4.78, 5) is 20.7. The number of hydrogen-bond donors (Lipinski definition) is 0. The number of aryl methyl sites for hydroxylation is 1. The molecule has 3 heterocycles. The number of anilines is 1. The van der Waals surface area contributed by atoms with Crippen LogP contribution in [-0.4, -0.2) is 45.9 Å². The number of aromatic nitrogens is 3. The summed E-state index contributed by atoms with van der Waals surface area (Å²) in [7, 11) is 0. The van der Waals surface area contributed by atoms with Crippen LogP contribution in [0.4, 0.5) is 5.82 Å². The van der Waals surface area contributed by atoms with Crippen LogP contribution in [0.1, 0.15) is 77.7 Å². The van der Waals surface area contributed by atoms with Crippen LogP contribution >= 0.6 is 15.9 Å². The molecule has 0 N–H and O–H groups in total. The topological polar surface area (TPSA) is 69.0 Å². The molecule has 8 heteroatoms. The molecular formula is C31H41BrN4O3. The van der Waals surface area contributed by atoms with Crippen molar-refractivity contribution in [3.05, 3.63) is 58.7 Å². The number of hydrogen-bond acceptors (Lipinski definition) is 6. The third-order valence-electron chi connectivity index (χ3n) is 7.38. The van der Waals surface area contributed by atoms with Crippen molar-refractivity contribution in [3.8, 4) is 11.3 Å². The standard InChI is InChI=1S/C31H41BrN4O3/c1-8-10-14-31(7)15-17-35(18-16-31)28-26(27(29(37)38-9-2)39-30(4,5)6)21(3)33-25-20-24(34-36(25)28)22-12-11-13-23(32)19-22/h8,11-13,19-20,27H,1,9-10,14-18H2,2-7H3/t27-/m0/s1. The van der Waals surface area contributed by atoms with Crippen molar-refractivity contribution >= 4 is 33.4 Å². The lowest BCUT2D eigenvalue weighted by molar-refractivity contribution is -0.166. The Hall–Kier alpha value is -2.71. The molecule has 0 amide bonds. The largest absolute Gasteiger partial charge is 0.464 e. The summed E-state index contributed by atoms with van der Waals surface area (Å²) >= 11 is 3.58. The molecule has 0 unspecified atom stereocenters. The van der Waals surface area contributed by atoms with Crippen LogP contribution in [-0.2, 0) is 14.3 Å². The van der Waals surface area contributed by atoms with Gasteiger partial charge in [-0.2, -0.15) is 9.61 Å². The number of rotatable bonds is 9. The molecule has 0 radical (unpaired) electrons. The van der Waals surface area contributed by atoms with Gasteiger partial charge in [0.2, 0.25) is 0 Å². The van der Waals surface area contributed by atoms with Gasteiger partial charge in [0.25, 0.3) is 0 Å². The summed E-state index contributed by atoms with van der Waals surface area (Å²) in [5, 5.41) is 5.04. The summed E-state index contributed by atoms with van der Waals surface area (Å²) in [5.74, 6) is 0.442. The number of nitrogens with zero attached hydrogens (tertiary/aromatic N) is 4. The highest BCUT2D eigenvalue weighted by molar-refractivity contribution is 9.10. The molecule has 4 rings (SSSR count). The van der Waals surface area contributed by atoms with Crippen LogP contribution in [0.3, 0.4) is 0 Å². The molecule has 0 bridgehead atoms. The van der Waals surface area contributed by atoms with Crippen molar-refractivity contribution < 1.29 is 14.3 Å². The van der Waals surface area contributed by atoms with Crippen molar-refractivity contribution in [3.63, 3.8) is 0 Å². The maximum absolute atomic E-state index is 13.4. The number of piperidine rings is 1. The molecule has 0 spiro atoms. The number of carbonyl (C=O) groups is 1. The first-order valence-corrected chi connectivity index (χ1v) is 14.6. The first kappa shape index (κ1) is 29.3. The lowest BCUT2D eigenvalue weighted by Gasteiger charge is -2.41. The molecule has 1 aromatic carbocycles. The fourth-order valence-electron chi connectivity index (χ4n) is 5.27. The second kappa shape index (κ2) is 11.8. The second-order valence-corrected chi connectivity index (χ2v) is 12.6. The zero-order valence-electron chi connectivity index (χ0n) is 24.1. The van der Waals surface area contributed by atoms with Gasteiger partial charge in [-0.15, -0.1) is 6.58 Å². The number of fused-ring (bicyclic) bond motifs is 1. The van der Waals surface area contributed by atoms with Gasteiger partial charge in [-0.25, -0.2) is 9.78 Å². The third kappa shape index (κ3) is 6.72. The minimum Gasteiger partial charge on any atom is -0.464 e. The fraction of sp³-hybridized carbons (Fsp3) is 0.516. The zero-order valence-corrected chi connectivity index (χ0v) is 25.7. The number of halogens is 1. The highest BCUT2D eigenvalue weighted by Crippen LogP contribution is 2.41. The summed E-state index contributed by atoms with van der Waals surface area (Å²) in [6.45, 7) is 17.9. The Balaban J connectivity index is 1.89. The Bertz CT molecular complexity index is 1340. The molecule has 39 heavy (non-hydrogen) atoms. The maximum Gasteiger partial charge on any atom is 0.340 e. The number of allylic oxidation sites excluding steroid dienone is 1. The first-order chi connectivity index (χ1) is 18.4. The molecule has 1 saturated heterocycles. The lowest BCUT2D eigenvalue weighted by atomic mass is 9.76. The molecule has 1 fully saturated rings. The summed E-state index contributed by atoms with van der Waals surface area (Å²) in [6, 6.07) is 10.1. The van der Waals surface area contributed by atoms with E-state index < -0.39 is 17.7 Å².